The van der Waals surface area contributed by atoms with E-state index in [0.29, 0.717) is 6.07 Å². The Morgan fingerprint density at radius 1 is 1.43 bits per heavy atom. The standard InChI is InChI=1S/C12H6ClFN2O5/c13-10-7(12(17)18)3-4-15-11(10)21-9-2-1-6(16(19)20)5-8(9)14/h1-5H,(H,17,18). The van der Waals surface area contributed by atoms with Crippen molar-refractivity contribution in [3.8, 4) is 11.6 Å². The van der Waals surface area contributed by atoms with E-state index in [0.717, 1.165) is 24.4 Å². The van der Waals surface area contributed by atoms with Gasteiger partial charge in [0.05, 0.1) is 16.6 Å². The Morgan fingerprint density at radius 2 is 2.14 bits per heavy atom. The van der Waals surface area contributed by atoms with Gasteiger partial charge in [-0.15, -0.1) is 0 Å². The molecule has 2 rings (SSSR count). The van der Waals surface area contributed by atoms with Gasteiger partial charge in [0.15, 0.2) is 11.6 Å². The highest BCUT2D eigenvalue weighted by molar-refractivity contribution is 6.34. The van der Waals surface area contributed by atoms with Crippen molar-refractivity contribution in [1.29, 1.82) is 0 Å². The molecule has 0 saturated heterocycles. The van der Waals surface area contributed by atoms with E-state index in [1.54, 1.807) is 0 Å². The summed E-state index contributed by atoms with van der Waals surface area (Å²) >= 11 is 5.79. The van der Waals surface area contributed by atoms with Crippen LogP contribution in [0.15, 0.2) is 30.5 Å². The van der Waals surface area contributed by atoms with E-state index in [1.807, 2.05) is 0 Å². The Hall–Kier alpha value is -2.74. The summed E-state index contributed by atoms with van der Waals surface area (Å²) in [6.07, 6.45) is 1.13. The number of carboxylic acid groups (broad SMARTS) is 1. The van der Waals surface area contributed by atoms with Crippen LogP contribution in [0.1, 0.15) is 10.4 Å². The monoisotopic (exact) mass is 312 g/mol. The first-order valence-electron chi connectivity index (χ1n) is 5.39. The van der Waals surface area contributed by atoms with Crippen molar-refractivity contribution in [2.75, 3.05) is 0 Å². The SMILES string of the molecule is O=C(O)c1ccnc(Oc2ccc([N+](=O)[O-])cc2F)c1Cl. The lowest BCUT2D eigenvalue weighted by Crippen LogP contribution is -2.01. The van der Waals surface area contributed by atoms with Crippen molar-refractivity contribution in [2.45, 2.75) is 0 Å². The zero-order valence-electron chi connectivity index (χ0n) is 10.1. The van der Waals surface area contributed by atoms with E-state index < -0.39 is 22.4 Å². The second-order valence-corrected chi connectivity index (χ2v) is 4.13. The van der Waals surface area contributed by atoms with Crippen molar-refractivity contribution in [2.24, 2.45) is 0 Å². The Balaban J connectivity index is 2.37. The average Bonchev–Trinajstić information content (AvgIpc) is 2.42. The van der Waals surface area contributed by atoms with Crippen LogP contribution >= 0.6 is 11.6 Å². The second-order valence-electron chi connectivity index (χ2n) is 3.76. The highest BCUT2D eigenvalue weighted by atomic mass is 35.5. The summed E-state index contributed by atoms with van der Waals surface area (Å²) in [5, 5.41) is 19.1. The summed E-state index contributed by atoms with van der Waals surface area (Å²) in [5.74, 6) is -2.97. The van der Waals surface area contributed by atoms with Gasteiger partial charge in [-0.1, -0.05) is 11.6 Å². The molecule has 0 aliphatic carbocycles. The van der Waals surface area contributed by atoms with Gasteiger partial charge in [0.1, 0.15) is 5.02 Å². The molecule has 0 spiro atoms. The van der Waals surface area contributed by atoms with Crippen LogP contribution in [0.4, 0.5) is 10.1 Å². The summed E-state index contributed by atoms with van der Waals surface area (Å²) in [7, 11) is 0. The summed E-state index contributed by atoms with van der Waals surface area (Å²) in [4.78, 5) is 24.3. The largest absolute Gasteiger partial charge is 0.478 e. The molecule has 21 heavy (non-hydrogen) atoms. The molecule has 1 N–H and O–H groups in total. The Morgan fingerprint density at radius 3 is 2.71 bits per heavy atom. The molecule has 0 amide bonds. The number of nitrogens with zero attached hydrogens (tertiary/aromatic N) is 2. The zero-order valence-corrected chi connectivity index (χ0v) is 10.9. The Labute approximate surface area is 121 Å². The van der Waals surface area contributed by atoms with Crippen molar-refractivity contribution in [3.05, 3.63) is 57.0 Å². The molecular weight excluding hydrogens is 307 g/mol. The lowest BCUT2D eigenvalue weighted by atomic mass is 10.2. The molecule has 0 atom stereocenters. The van der Waals surface area contributed by atoms with E-state index in [2.05, 4.69) is 4.98 Å². The van der Waals surface area contributed by atoms with Crippen LogP contribution in [0, 0.1) is 15.9 Å². The lowest BCUT2D eigenvalue weighted by Gasteiger charge is -2.08. The van der Waals surface area contributed by atoms with Crippen LogP contribution in [0.2, 0.25) is 5.02 Å². The number of hydrogen-bond donors (Lipinski definition) is 1. The number of nitro benzene ring substituents is 1. The topological polar surface area (TPSA) is 103 Å². The van der Waals surface area contributed by atoms with E-state index in [1.165, 1.54) is 0 Å². The highest BCUT2D eigenvalue weighted by Gasteiger charge is 2.17. The third-order valence-corrected chi connectivity index (χ3v) is 2.79. The predicted molar refractivity (Wildman–Crippen MR) is 69.3 cm³/mol. The number of halogens is 2. The molecule has 9 heteroatoms. The number of carboxylic acids is 1. The van der Waals surface area contributed by atoms with Crippen LogP contribution in [0.3, 0.4) is 0 Å². The molecule has 0 saturated carbocycles. The molecule has 0 aliphatic heterocycles. The average molecular weight is 313 g/mol. The predicted octanol–water partition coefficient (Wildman–Crippen LogP) is 3.27. The molecule has 0 fully saturated rings. The molecule has 0 unspecified atom stereocenters. The number of carbonyl (C=O) groups is 1. The molecule has 1 aromatic heterocycles. The smallest absolute Gasteiger partial charge is 0.337 e. The number of aromatic nitrogens is 1. The van der Waals surface area contributed by atoms with Gasteiger partial charge in [0.2, 0.25) is 5.88 Å². The Bertz CT molecular complexity index is 738. The van der Waals surface area contributed by atoms with Crippen LogP contribution in [0.5, 0.6) is 11.6 Å². The first-order chi connectivity index (χ1) is 9.90. The van der Waals surface area contributed by atoms with Gasteiger partial charge >= 0.3 is 5.97 Å². The first-order valence-corrected chi connectivity index (χ1v) is 5.77. The maximum Gasteiger partial charge on any atom is 0.337 e. The Kier molecular flexibility index (Phi) is 3.99. The molecule has 7 nitrogen and oxygen atoms in total. The quantitative estimate of drug-likeness (QED) is 0.686. The number of non-ortho nitro benzene ring substituents is 1. The maximum absolute atomic E-state index is 13.7. The van der Waals surface area contributed by atoms with E-state index in [4.69, 9.17) is 21.4 Å². The van der Waals surface area contributed by atoms with Gasteiger partial charge in [-0.05, 0) is 12.1 Å². The van der Waals surface area contributed by atoms with Crippen molar-refractivity contribution >= 4 is 23.3 Å². The summed E-state index contributed by atoms with van der Waals surface area (Å²) in [5.41, 5.74) is -0.706. The fourth-order valence-electron chi connectivity index (χ4n) is 1.45. The first kappa shape index (κ1) is 14.7. The maximum atomic E-state index is 13.7. The zero-order chi connectivity index (χ0) is 15.6. The normalized spacial score (nSPS) is 10.2. The number of hydrogen-bond acceptors (Lipinski definition) is 5. The van der Waals surface area contributed by atoms with Gasteiger partial charge in [0.25, 0.3) is 5.69 Å². The van der Waals surface area contributed by atoms with Crippen LogP contribution in [0.25, 0.3) is 0 Å². The van der Waals surface area contributed by atoms with Crippen LogP contribution < -0.4 is 4.74 Å². The number of aromatic carboxylic acids is 1. The van der Waals surface area contributed by atoms with E-state index in [-0.39, 0.29) is 22.2 Å². The minimum atomic E-state index is -1.29. The van der Waals surface area contributed by atoms with Gasteiger partial charge in [-0.3, -0.25) is 10.1 Å². The number of rotatable bonds is 4. The second kappa shape index (κ2) is 5.71. The fourth-order valence-corrected chi connectivity index (χ4v) is 1.68. The molecule has 2 aromatic rings. The van der Waals surface area contributed by atoms with Crippen LogP contribution in [-0.4, -0.2) is 21.0 Å². The molecule has 1 aromatic carbocycles. The highest BCUT2D eigenvalue weighted by Crippen LogP contribution is 2.32. The minimum absolute atomic E-state index is 0.260. The third-order valence-electron chi connectivity index (χ3n) is 2.42. The van der Waals surface area contributed by atoms with Gasteiger partial charge in [-0.25, -0.2) is 14.2 Å². The van der Waals surface area contributed by atoms with Gasteiger partial charge in [0, 0.05) is 12.3 Å². The number of benzene rings is 1. The summed E-state index contributed by atoms with van der Waals surface area (Å²) in [6.45, 7) is 0. The number of ether oxygens (including phenoxy) is 1. The minimum Gasteiger partial charge on any atom is -0.478 e. The summed E-state index contributed by atoms with van der Waals surface area (Å²) in [6, 6.07) is 3.89. The molecular formula is C12H6ClFN2O5. The van der Waals surface area contributed by atoms with Crippen molar-refractivity contribution in [3.63, 3.8) is 0 Å². The van der Waals surface area contributed by atoms with Crippen molar-refractivity contribution in [1.82, 2.24) is 4.98 Å². The van der Waals surface area contributed by atoms with E-state index >= 15 is 0 Å². The van der Waals surface area contributed by atoms with Gasteiger partial charge in [-0.2, -0.15) is 0 Å². The molecule has 108 valence electrons. The molecule has 0 bridgehead atoms. The van der Waals surface area contributed by atoms with E-state index in [9.17, 15) is 19.3 Å². The number of pyridine rings is 1. The molecule has 0 aliphatic rings. The number of nitro groups is 1. The van der Waals surface area contributed by atoms with Gasteiger partial charge < -0.3 is 9.84 Å². The lowest BCUT2D eigenvalue weighted by molar-refractivity contribution is -0.385. The van der Waals surface area contributed by atoms with Crippen molar-refractivity contribution < 1.29 is 24.0 Å². The van der Waals surface area contributed by atoms with Crippen LogP contribution in [-0.2, 0) is 0 Å². The molecule has 0 radical (unpaired) electrons. The summed E-state index contributed by atoms with van der Waals surface area (Å²) < 4.78 is 18.7. The molecule has 1 heterocycles. The fraction of sp³-hybridized carbons (Fsp3) is 0. The third kappa shape index (κ3) is 3.06.